The minimum Gasteiger partial charge on any atom is 0 e. The third-order valence-corrected chi connectivity index (χ3v) is 0. The molecule has 0 aliphatic heterocycles. The van der Waals surface area contributed by atoms with Gasteiger partial charge in [-0.05, 0) is 0 Å². The van der Waals surface area contributed by atoms with Gasteiger partial charge in [-0.15, -0.1) is 0 Å². The van der Waals surface area contributed by atoms with Gasteiger partial charge in [0.25, 0.3) is 0 Å². The molecule has 4 heteroatoms. The van der Waals surface area contributed by atoms with Gasteiger partial charge in [0.2, 0.25) is 0 Å². The molecule has 0 heterocycles. The Morgan fingerprint density at radius 1 is 1.00 bits per heavy atom. The zero-order valence-electron chi connectivity index (χ0n) is 1.99. The third-order valence-electron chi connectivity index (χ3n) is 0. The summed E-state index contributed by atoms with van der Waals surface area (Å²) in [5.41, 5.74) is 0. The Morgan fingerprint density at radius 3 is 1.00 bits per heavy atom. The average Bonchev–Trinajstić information content (AvgIpc) is 0. The molecular weight excluding hydrogens is 217 g/mol. The smallest absolute Gasteiger partial charge is 0 e. The Balaban J connectivity index is 0. The predicted octanol–water partition coefficient (Wildman–Crippen LogP) is -0.388. The number of hydrogen-bond donors (Lipinski definition) is 0. The molecule has 0 aromatic carbocycles. The summed E-state index contributed by atoms with van der Waals surface area (Å²) in [5, 5.41) is 0. The maximum atomic E-state index is 0. The summed E-state index contributed by atoms with van der Waals surface area (Å²) in [6.07, 6.45) is 0. The summed E-state index contributed by atoms with van der Waals surface area (Å²) < 4.78 is 0. The first-order valence-electron chi connectivity index (χ1n) is 0. The monoisotopic (exact) mass is 217 g/mol. The van der Waals surface area contributed by atoms with Crippen LogP contribution in [0.2, 0.25) is 0 Å². The molecule has 4 heavy (non-hydrogen) atoms. The van der Waals surface area contributed by atoms with Gasteiger partial charge >= 0.3 is 0 Å². The number of rotatable bonds is 0. The van der Waals surface area contributed by atoms with E-state index >= 15 is 0 Å². The van der Waals surface area contributed by atoms with E-state index in [1.54, 1.807) is 0 Å². The first kappa shape index (κ1) is 27.1. The van der Waals surface area contributed by atoms with Gasteiger partial charge in [-0.2, -0.15) is 0 Å². The Labute approximate surface area is 99.8 Å². The van der Waals surface area contributed by atoms with Crippen LogP contribution in [0.4, 0.5) is 0 Å². The first-order chi connectivity index (χ1) is 0. The molecule has 0 spiro atoms. The van der Waals surface area contributed by atoms with Crippen LogP contribution in [-0.4, -0.2) is 51.4 Å². The topological polar surface area (TPSA) is 0 Å². The molecule has 0 aromatic heterocycles. The summed E-state index contributed by atoms with van der Waals surface area (Å²) in [6, 6.07) is 0. The second-order valence-corrected chi connectivity index (χ2v) is 0. The van der Waals surface area contributed by atoms with E-state index in [0.29, 0.717) is 0 Å². The minimum absolute atomic E-state index is 0. The molecule has 0 atom stereocenters. The Morgan fingerprint density at radius 2 is 1.00 bits per heavy atom. The molecule has 0 unspecified atom stereocenters. The molecule has 29 valence electrons. The van der Waals surface area contributed by atoms with E-state index in [4.69, 9.17) is 0 Å². The van der Waals surface area contributed by atoms with E-state index in [2.05, 4.69) is 0 Å². The van der Waals surface area contributed by atoms with Gasteiger partial charge in [0.1, 0.15) is 0 Å². The summed E-state index contributed by atoms with van der Waals surface area (Å²) in [7, 11) is 0. The quantitative estimate of drug-likeness (QED) is 0.485. The second kappa shape index (κ2) is 16.4. The van der Waals surface area contributed by atoms with Crippen molar-refractivity contribution in [1.29, 1.82) is 0 Å². The molecule has 0 aromatic rings. The fourth-order valence-corrected chi connectivity index (χ4v) is 0. The van der Waals surface area contributed by atoms with E-state index in [1.165, 1.54) is 0 Å². The standard InChI is InChI=1S/Co.Cu.Fe.K. The normalized spacial score (nSPS) is 0. The molecule has 0 amide bonds. The van der Waals surface area contributed by atoms with Crippen molar-refractivity contribution in [3.8, 4) is 0 Å². The Hall–Kier alpha value is 3.18. The Kier molecular flexibility index (Phi) is 111. The van der Waals surface area contributed by atoms with Crippen LogP contribution in [-0.2, 0) is 50.9 Å². The van der Waals surface area contributed by atoms with Crippen molar-refractivity contribution in [2.45, 2.75) is 0 Å². The molecule has 0 saturated carbocycles. The van der Waals surface area contributed by atoms with Crippen molar-refractivity contribution in [2.24, 2.45) is 0 Å². The van der Waals surface area contributed by atoms with Crippen molar-refractivity contribution in [1.82, 2.24) is 0 Å². The molecule has 0 aliphatic carbocycles. The molecule has 0 bridgehead atoms. The van der Waals surface area contributed by atoms with Crippen LogP contribution >= 0.6 is 0 Å². The largest absolute Gasteiger partial charge is 0 e. The van der Waals surface area contributed by atoms with Crippen LogP contribution < -0.4 is 0 Å². The molecule has 3 radical (unpaired) electrons. The molecule has 0 nitrogen and oxygen atoms in total. The van der Waals surface area contributed by atoms with Gasteiger partial charge in [0, 0.05) is 102 Å². The van der Waals surface area contributed by atoms with E-state index in [0.717, 1.165) is 0 Å². The van der Waals surface area contributed by atoms with E-state index in [1.807, 2.05) is 0 Å². The van der Waals surface area contributed by atoms with Crippen molar-refractivity contribution in [2.75, 3.05) is 0 Å². The van der Waals surface area contributed by atoms with Crippen LogP contribution in [0.5, 0.6) is 0 Å². The minimum atomic E-state index is 0. The third kappa shape index (κ3) is 8.95. The summed E-state index contributed by atoms with van der Waals surface area (Å²) in [5.74, 6) is 0. The summed E-state index contributed by atoms with van der Waals surface area (Å²) in [4.78, 5) is 0. The van der Waals surface area contributed by atoms with Crippen LogP contribution in [0.1, 0.15) is 0 Å². The van der Waals surface area contributed by atoms with Gasteiger partial charge in [-0.25, -0.2) is 0 Å². The Bertz CT molecular complexity index is 8.00. The molecule has 0 fully saturated rings. The van der Waals surface area contributed by atoms with Gasteiger partial charge in [-0.3, -0.25) is 0 Å². The molecule has 0 aliphatic rings. The zero-order chi connectivity index (χ0) is 0. The van der Waals surface area contributed by atoms with Crippen molar-refractivity contribution in [3.05, 3.63) is 0 Å². The first-order valence-corrected chi connectivity index (χ1v) is 0. The van der Waals surface area contributed by atoms with E-state index in [-0.39, 0.29) is 102 Å². The molecule has 0 saturated heterocycles. The number of hydrogen-bond acceptors (Lipinski definition) is 0. The van der Waals surface area contributed by atoms with Crippen molar-refractivity contribution >= 4 is 51.4 Å². The van der Waals surface area contributed by atoms with Gasteiger partial charge in [0.05, 0.1) is 0 Å². The molecule has 0 rings (SSSR count). The average molecular weight is 217 g/mol. The zero-order valence-corrected chi connectivity index (χ0v) is 8.20. The summed E-state index contributed by atoms with van der Waals surface area (Å²) >= 11 is 0. The van der Waals surface area contributed by atoms with Crippen molar-refractivity contribution in [3.63, 3.8) is 0 Å². The SMILES string of the molecule is [Co].[Cu].[Fe].[K]. The van der Waals surface area contributed by atoms with Crippen molar-refractivity contribution < 1.29 is 50.9 Å². The van der Waals surface area contributed by atoms with Crippen LogP contribution in [0.3, 0.4) is 0 Å². The maximum Gasteiger partial charge on any atom is 0 e. The van der Waals surface area contributed by atoms with Crippen LogP contribution in [0.25, 0.3) is 0 Å². The van der Waals surface area contributed by atoms with E-state index < -0.39 is 0 Å². The molecular formula is CoCuFeK. The molecule has 0 N–H and O–H groups in total. The van der Waals surface area contributed by atoms with Crippen LogP contribution in [0.15, 0.2) is 0 Å². The fraction of sp³-hybridized carbons (Fsp3) is 0. The van der Waals surface area contributed by atoms with E-state index in [9.17, 15) is 0 Å². The summed E-state index contributed by atoms with van der Waals surface area (Å²) in [6.45, 7) is 0. The predicted molar refractivity (Wildman–Crippen MR) is 5.75 cm³/mol. The fourth-order valence-electron chi connectivity index (χ4n) is 0. The van der Waals surface area contributed by atoms with Gasteiger partial charge in [-0.1, -0.05) is 0 Å². The van der Waals surface area contributed by atoms with Gasteiger partial charge < -0.3 is 0 Å². The second-order valence-electron chi connectivity index (χ2n) is 0. The maximum absolute atomic E-state index is 0. The van der Waals surface area contributed by atoms with Crippen LogP contribution in [0, 0.1) is 0 Å². The van der Waals surface area contributed by atoms with Gasteiger partial charge in [0.15, 0.2) is 0 Å².